The standard InChI is InChI=1S/C10H6N2O3S/c11-9-4-6(12-15-9)5-1-2-8-7(3-5)14-10(13)16-8/h1-4H,11H2. The van der Waals surface area contributed by atoms with Crippen LogP contribution in [0.25, 0.3) is 21.5 Å². The first kappa shape index (κ1) is 9.17. The van der Waals surface area contributed by atoms with Crippen LogP contribution in [0.2, 0.25) is 0 Å². The third kappa shape index (κ3) is 1.40. The number of nitrogens with two attached hydrogens (primary N) is 1. The third-order valence-corrected chi connectivity index (χ3v) is 2.96. The van der Waals surface area contributed by atoms with E-state index in [0.717, 1.165) is 21.6 Å². The molecule has 0 fully saturated rings. The molecule has 6 heteroatoms. The smallest absolute Gasteiger partial charge is 0.396 e. The Hall–Kier alpha value is -2.08. The summed E-state index contributed by atoms with van der Waals surface area (Å²) in [7, 11) is 0. The van der Waals surface area contributed by atoms with Crippen LogP contribution in [-0.2, 0) is 0 Å². The van der Waals surface area contributed by atoms with E-state index in [0.29, 0.717) is 11.3 Å². The largest absolute Gasteiger partial charge is 0.414 e. The highest BCUT2D eigenvalue weighted by Gasteiger charge is 2.07. The minimum atomic E-state index is -0.313. The van der Waals surface area contributed by atoms with Crippen LogP contribution < -0.4 is 10.7 Å². The van der Waals surface area contributed by atoms with Crippen molar-refractivity contribution >= 4 is 27.5 Å². The fraction of sp³-hybridized carbons (Fsp3) is 0. The number of nitrogen functional groups attached to an aromatic ring is 1. The predicted molar refractivity (Wildman–Crippen MR) is 60.3 cm³/mol. The number of hydrogen-bond acceptors (Lipinski definition) is 6. The molecule has 2 aromatic heterocycles. The lowest BCUT2D eigenvalue weighted by atomic mass is 10.1. The summed E-state index contributed by atoms with van der Waals surface area (Å²) < 4.78 is 10.6. The average molecular weight is 234 g/mol. The van der Waals surface area contributed by atoms with E-state index in [4.69, 9.17) is 14.7 Å². The van der Waals surface area contributed by atoms with Gasteiger partial charge in [-0.05, 0) is 12.1 Å². The quantitative estimate of drug-likeness (QED) is 0.697. The van der Waals surface area contributed by atoms with Crippen LogP contribution in [0, 0.1) is 0 Å². The topological polar surface area (TPSA) is 82.3 Å². The van der Waals surface area contributed by atoms with Crippen LogP contribution >= 0.6 is 11.3 Å². The Morgan fingerprint density at radius 3 is 2.94 bits per heavy atom. The summed E-state index contributed by atoms with van der Waals surface area (Å²) in [6.07, 6.45) is 0. The number of rotatable bonds is 1. The molecule has 0 amide bonds. The molecule has 0 aliphatic rings. The molecule has 1 aromatic carbocycles. The number of fused-ring (bicyclic) bond motifs is 1. The maximum Gasteiger partial charge on any atom is 0.396 e. The van der Waals surface area contributed by atoms with Crippen molar-refractivity contribution in [3.63, 3.8) is 0 Å². The third-order valence-electron chi connectivity index (χ3n) is 2.15. The summed E-state index contributed by atoms with van der Waals surface area (Å²) in [4.78, 5) is 10.7. The number of nitrogens with zero attached hydrogens (tertiary/aromatic N) is 1. The summed E-state index contributed by atoms with van der Waals surface area (Å²) in [5.41, 5.74) is 7.40. The summed E-state index contributed by atoms with van der Waals surface area (Å²) in [6.45, 7) is 0. The molecule has 3 aromatic rings. The van der Waals surface area contributed by atoms with Crippen molar-refractivity contribution in [3.05, 3.63) is 34.0 Å². The van der Waals surface area contributed by atoms with Crippen LogP contribution in [0.4, 0.5) is 5.88 Å². The van der Waals surface area contributed by atoms with Crippen molar-refractivity contribution in [3.8, 4) is 11.3 Å². The highest BCUT2D eigenvalue weighted by Crippen LogP contribution is 2.25. The lowest BCUT2D eigenvalue weighted by Gasteiger charge is -1.93. The molecule has 0 saturated heterocycles. The Kier molecular flexibility index (Phi) is 1.84. The van der Waals surface area contributed by atoms with E-state index in [9.17, 15) is 4.79 Å². The second kappa shape index (κ2) is 3.21. The molecule has 0 radical (unpaired) electrons. The highest BCUT2D eigenvalue weighted by atomic mass is 32.1. The van der Waals surface area contributed by atoms with E-state index in [1.165, 1.54) is 0 Å². The van der Waals surface area contributed by atoms with Gasteiger partial charge in [0.15, 0.2) is 0 Å². The summed E-state index contributed by atoms with van der Waals surface area (Å²) in [5, 5.41) is 3.78. The Bertz CT molecular complexity index is 710. The van der Waals surface area contributed by atoms with Crippen molar-refractivity contribution in [1.82, 2.24) is 5.16 Å². The molecule has 0 atom stereocenters. The first-order valence-corrected chi connectivity index (χ1v) is 5.30. The van der Waals surface area contributed by atoms with Crippen LogP contribution in [-0.4, -0.2) is 5.16 Å². The summed E-state index contributed by atoms with van der Waals surface area (Å²) in [6, 6.07) is 7.01. The second-order valence-corrected chi connectivity index (χ2v) is 4.21. The van der Waals surface area contributed by atoms with Gasteiger partial charge in [0, 0.05) is 11.6 Å². The van der Waals surface area contributed by atoms with E-state index < -0.39 is 0 Å². The normalized spacial score (nSPS) is 11.0. The Balaban J connectivity index is 2.21. The molecule has 3 rings (SSSR count). The van der Waals surface area contributed by atoms with E-state index >= 15 is 0 Å². The zero-order valence-corrected chi connectivity index (χ0v) is 8.78. The molecule has 16 heavy (non-hydrogen) atoms. The van der Waals surface area contributed by atoms with Crippen molar-refractivity contribution in [2.45, 2.75) is 0 Å². The van der Waals surface area contributed by atoms with E-state index in [2.05, 4.69) is 5.16 Å². The molecule has 0 unspecified atom stereocenters. The lowest BCUT2D eigenvalue weighted by Crippen LogP contribution is -1.79. The molecule has 80 valence electrons. The van der Waals surface area contributed by atoms with Gasteiger partial charge in [-0.3, -0.25) is 0 Å². The molecule has 5 nitrogen and oxygen atoms in total. The predicted octanol–water partition coefficient (Wildman–Crippen LogP) is 2.09. The first-order chi connectivity index (χ1) is 7.72. The Labute approximate surface area is 93.1 Å². The molecular formula is C10H6N2O3S. The van der Waals surface area contributed by atoms with Crippen LogP contribution in [0.3, 0.4) is 0 Å². The average Bonchev–Trinajstić information content (AvgIpc) is 2.81. The molecule has 0 aliphatic carbocycles. The highest BCUT2D eigenvalue weighted by molar-refractivity contribution is 7.16. The van der Waals surface area contributed by atoms with Gasteiger partial charge >= 0.3 is 4.94 Å². The van der Waals surface area contributed by atoms with Crippen molar-refractivity contribution < 1.29 is 8.94 Å². The van der Waals surface area contributed by atoms with Crippen LogP contribution in [0.1, 0.15) is 0 Å². The SMILES string of the molecule is Nc1cc(-c2ccc3sc(=O)oc3c2)no1. The second-order valence-electron chi connectivity index (χ2n) is 3.23. The maximum atomic E-state index is 11.0. The maximum absolute atomic E-state index is 11.0. The Morgan fingerprint density at radius 1 is 1.31 bits per heavy atom. The number of aromatic nitrogens is 1. The molecule has 0 spiro atoms. The van der Waals surface area contributed by atoms with Crippen molar-refractivity contribution in [2.75, 3.05) is 5.73 Å². The zero-order valence-electron chi connectivity index (χ0n) is 7.97. The zero-order chi connectivity index (χ0) is 11.1. The molecule has 2 N–H and O–H groups in total. The van der Waals surface area contributed by atoms with Gasteiger partial charge in [-0.25, -0.2) is 4.79 Å². The van der Waals surface area contributed by atoms with E-state index in [-0.39, 0.29) is 10.8 Å². The number of anilines is 1. The monoisotopic (exact) mass is 234 g/mol. The van der Waals surface area contributed by atoms with Crippen molar-refractivity contribution in [1.29, 1.82) is 0 Å². The van der Waals surface area contributed by atoms with Gasteiger partial charge in [-0.2, -0.15) is 0 Å². The fourth-order valence-electron chi connectivity index (χ4n) is 1.46. The van der Waals surface area contributed by atoms with Crippen molar-refractivity contribution in [2.24, 2.45) is 0 Å². The van der Waals surface area contributed by atoms with E-state index in [1.54, 1.807) is 12.1 Å². The van der Waals surface area contributed by atoms with Gasteiger partial charge in [-0.15, -0.1) is 0 Å². The molecular weight excluding hydrogens is 228 g/mol. The van der Waals surface area contributed by atoms with Gasteiger partial charge in [0.2, 0.25) is 5.88 Å². The van der Waals surface area contributed by atoms with Crippen LogP contribution in [0.15, 0.2) is 38.0 Å². The molecule has 2 heterocycles. The Morgan fingerprint density at radius 2 is 2.19 bits per heavy atom. The molecule has 0 bridgehead atoms. The first-order valence-electron chi connectivity index (χ1n) is 4.48. The molecule has 0 saturated carbocycles. The molecule has 0 aliphatic heterocycles. The minimum Gasteiger partial charge on any atom is -0.414 e. The fourth-order valence-corrected chi connectivity index (χ4v) is 2.11. The van der Waals surface area contributed by atoms with Gasteiger partial charge in [0.1, 0.15) is 11.3 Å². The van der Waals surface area contributed by atoms with E-state index in [1.807, 2.05) is 12.1 Å². The van der Waals surface area contributed by atoms with Gasteiger partial charge in [-0.1, -0.05) is 22.6 Å². The summed E-state index contributed by atoms with van der Waals surface area (Å²) >= 11 is 1.07. The number of hydrogen-bond donors (Lipinski definition) is 1. The van der Waals surface area contributed by atoms with Gasteiger partial charge in [0.05, 0.1) is 4.70 Å². The summed E-state index contributed by atoms with van der Waals surface area (Å²) in [5.74, 6) is 0.252. The van der Waals surface area contributed by atoms with Gasteiger partial charge < -0.3 is 14.7 Å². The lowest BCUT2D eigenvalue weighted by molar-refractivity contribution is 0.439. The minimum absolute atomic E-state index is 0.252. The van der Waals surface area contributed by atoms with Gasteiger partial charge in [0.25, 0.3) is 0 Å². The number of benzene rings is 1. The van der Waals surface area contributed by atoms with Crippen LogP contribution in [0.5, 0.6) is 0 Å².